The van der Waals surface area contributed by atoms with E-state index in [1.165, 1.54) is 16.0 Å². The molecule has 192 valence electrons. The first-order chi connectivity index (χ1) is 18.0. The van der Waals surface area contributed by atoms with Gasteiger partial charge in [-0.1, -0.05) is 65.9 Å². The summed E-state index contributed by atoms with van der Waals surface area (Å²) in [6, 6.07) is 19.2. The SMILES string of the molecule is CC1(O)CCC1c1ccc(-c2nc(-c3cnc(N4CCN(CCN)CC4)s3)sc2-c2ccccc2)cc1. The minimum atomic E-state index is -0.592. The van der Waals surface area contributed by atoms with E-state index in [0.717, 1.165) is 71.8 Å². The third kappa shape index (κ3) is 4.96. The molecule has 37 heavy (non-hydrogen) atoms. The van der Waals surface area contributed by atoms with Gasteiger partial charge in [-0.15, -0.1) is 11.3 Å². The second kappa shape index (κ2) is 10.3. The first-order valence-electron chi connectivity index (χ1n) is 13.0. The summed E-state index contributed by atoms with van der Waals surface area (Å²) in [4.78, 5) is 17.0. The monoisotopic (exact) mass is 531 g/mol. The van der Waals surface area contributed by atoms with Gasteiger partial charge < -0.3 is 15.7 Å². The van der Waals surface area contributed by atoms with Gasteiger partial charge in [-0.25, -0.2) is 9.97 Å². The van der Waals surface area contributed by atoms with Crippen molar-refractivity contribution in [2.45, 2.75) is 31.3 Å². The third-order valence-electron chi connectivity index (χ3n) is 7.73. The van der Waals surface area contributed by atoms with Crippen LogP contribution in [0.15, 0.2) is 60.8 Å². The Kier molecular flexibility index (Phi) is 6.86. The molecule has 0 bridgehead atoms. The lowest BCUT2D eigenvalue weighted by atomic mass is 9.67. The van der Waals surface area contributed by atoms with E-state index in [2.05, 4.69) is 58.3 Å². The molecule has 0 amide bonds. The minimum absolute atomic E-state index is 0.217. The molecule has 2 aliphatic rings. The predicted octanol–water partition coefficient (Wildman–Crippen LogP) is 5.31. The van der Waals surface area contributed by atoms with Crippen LogP contribution in [0.4, 0.5) is 5.13 Å². The first-order valence-corrected chi connectivity index (χ1v) is 14.7. The van der Waals surface area contributed by atoms with Crippen molar-refractivity contribution in [2.24, 2.45) is 5.73 Å². The Morgan fingerprint density at radius 3 is 2.41 bits per heavy atom. The van der Waals surface area contributed by atoms with Gasteiger partial charge in [0, 0.05) is 50.7 Å². The average Bonchev–Trinajstić information content (AvgIpc) is 3.58. The molecule has 1 saturated carbocycles. The standard InChI is InChI=1S/C29H33N5OS2/c1-29(35)12-11-23(29)20-7-9-21(10-8-20)25-26(22-5-3-2-4-6-22)37-27(32-25)24-19-31-28(36-24)34-17-15-33(14-13-30)16-18-34/h2-10,19,23,35H,11-18,30H2,1H3. The molecule has 6 rings (SSSR count). The van der Waals surface area contributed by atoms with Crippen LogP contribution in [0.3, 0.4) is 0 Å². The molecule has 4 aromatic rings. The number of nitrogens with two attached hydrogens (primary N) is 1. The molecular formula is C29H33N5OS2. The number of hydrogen-bond donors (Lipinski definition) is 2. The molecule has 1 saturated heterocycles. The van der Waals surface area contributed by atoms with E-state index >= 15 is 0 Å². The maximum atomic E-state index is 10.5. The van der Waals surface area contributed by atoms with E-state index < -0.39 is 5.60 Å². The predicted molar refractivity (Wildman–Crippen MR) is 154 cm³/mol. The molecule has 1 aliphatic carbocycles. The fourth-order valence-corrected chi connectivity index (χ4v) is 7.47. The second-order valence-corrected chi connectivity index (χ2v) is 12.3. The largest absolute Gasteiger partial charge is 0.390 e. The highest BCUT2D eigenvalue weighted by Crippen LogP contribution is 2.47. The zero-order valence-corrected chi connectivity index (χ0v) is 22.8. The van der Waals surface area contributed by atoms with Crippen molar-refractivity contribution in [1.29, 1.82) is 0 Å². The molecule has 3 N–H and O–H groups in total. The average molecular weight is 532 g/mol. The van der Waals surface area contributed by atoms with Crippen LogP contribution in [0.2, 0.25) is 0 Å². The highest BCUT2D eigenvalue weighted by molar-refractivity contribution is 7.25. The summed E-state index contributed by atoms with van der Waals surface area (Å²) in [6.07, 6.45) is 3.89. The van der Waals surface area contributed by atoms with Gasteiger partial charge in [-0.05, 0) is 30.9 Å². The Hall–Kier alpha value is -2.62. The molecule has 2 atom stereocenters. The van der Waals surface area contributed by atoms with E-state index in [9.17, 15) is 5.11 Å². The second-order valence-electron chi connectivity index (χ2n) is 10.3. The quantitative estimate of drug-likeness (QED) is 0.337. The fourth-order valence-electron chi connectivity index (χ4n) is 5.37. The highest BCUT2D eigenvalue weighted by Gasteiger charge is 2.41. The van der Waals surface area contributed by atoms with Gasteiger partial charge in [0.2, 0.25) is 0 Å². The summed E-state index contributed by atoms with van der Waals surface area (Å²) in [5.74, 6) is 0.217. The van der Waals surface area contributed by atoms with E-state index in [4.69, 9.17) is 15.7 Å². The van der Waals surface area contributed by atoms with Crippen LogP contribution in [0.5, 0.6) is 0 Å². The van der Waals surface area contributed by atoms with Crippen molar-refractivity contribution < 1.29 is 5.11 Å². The molecule has 2 unspecified atom stereocenters. The molecule has 2 fully saturated rings. The normalized spacial score (nSPS) is 22.2. The van der Waals surface area contributed by atoms with E-state index in [1.807, 2.05) is 19.2 Å². The zero-order chi connectivity index (χ0) is 25.4. The maximum Gasteiger partial charge on any atom is 0.186 e. The first kappa shape index (κ1) is 24.7. The van der Waals surface area contributed by atoms with Crippen LogP contribution in [0, 0.1) is 0 Å². The Morgan fingerprint density at radius 1 is 1.00 bits per heavy atom. The molecule has 3 heterocycles. The number of anilines is 1. The van der Waals surface area contributed by atoms with Crippen molar-refractivity contribution in [3.63, 3.8) is 0 Å². The Labute approximate surface area is 226 Å². The van der Waals surface area contributed by atoms with Gasteiger partial charge in [-0.3, -0.25) is 4.90 Å². The van der Waals surface area contributed by atoms with Gasteiger partial charge in [0.25, 0.3) is 0 Å². The number of nitrogens with zero attached hydrogens (tertiary/aromatic N) is 4. The van der Waals surface area contributed by atoms with Crippen molar-refractivity contribution in [3.8, 4) is 31.6 Å². The van der Waals surface area contributed by atoms with Crippen molar-refractivity contribution >= 4 is 27.8 Å². The summed E-state index contributed by atoms with van der Waals surface area (Å²) in [6.45, 7) is 7.62. The smallest absolute Gasteiger partial charge is 0.186 e. The molecule has 1 aliphatic heterocycles. The van der Waals surface area contributed by atoms with E-state index in [1.54, 1.807) is 22.7 Å². The Morgan fingerprint density at radius 2 is 1.76 bits per heavy atom. The van der Waals surface area contributed by atoms with Crippen LogP contribution < -0.4 is 10.6 Å². The Balaban J connectivity index is 1.29. The highest BCUT2D eigenvalue weighted by atomic mass is 32.1. The number of rotatable bonds is 7. The molecule has 0 radical (unpaired) electrons. The van der Waals surface area contributed by atoms with E-state index in [-0.39, 0.29) is 5.92 Å². The van der Waals surface area contributed by atoms with Gasteiger partial charge in [0.1, 0.15) is 5.01 Å². The lowest BCUT2D eigenvalue weighted by Crippen LogP contribution is -2.47. The number of benzene rings is 2. The van der Waals surface area contributed by atoms with Gasteiger partial charge in [0.15, 0.2) is 5.13 Å². The number of aliphatic hydroxyl groups is 1. The fraction of sp³-hybridized carbons (Fsp3) is 0.379. The molecule has 2 aromatic heterocycles. The lowest BCUT2D eigenvalue weighted by molar-refractivity contribution is -0.0405. The molecule has 6 nitrogen and oxygen atoms in total. The van der Waals surface area contributed by atoms with Crippen molar-refractivity contribution in [2.75, 3.05) is 44.2 Å². The van der Waals surface area contributed by atoms with Gasteiger partial charge >= 0.3 is 0 Å². The van der Waals surface area contributed by atoms with Crippen molar-refractivity contribution in [3.05, 3.63) is 66.4 Å². The van der Waals surface area contributed by atoms with Gasteiger partial charge in [-0.2, -0.15) is 0 Å². The maximum absolute atomic E-state index is 10.5. The number of piperazine rings is 1. The zero-order valence-electron chi connectivity index (χ0n) is 21.1. The van der Waals surface area contributed by atoms with E-state index in [0.29, 0.717) is 6.54 Å². The summed E-state index contributed by atoms with van der Waals surface area (Å²) in [5, 5.41) is 12.6. The minimum Gasteiger partial charge on any atom is -0.390 e. The van der Waals surface area contributed by atoms with Crippen molar-refractivity contribution in [1.82, 2.24) is 14.9 Å². The summed E-state index contributed by atoms with van der Waals surface area (Å²) >= 11 is 3.46. The summed E-state index contributed by atoms with van der Waals surface area (Å²) in [7, 11) is 0. The lowest BCUT2D eigenvalue weighted by Gasteiger charge is -2.43. The molecular weight excluding hydrogens is 498 g/mol. The molecule has 0 spiro atoms. The topological polar surface area (TPSA) is 78.5 Å². The van der Waals surface area contributed by atoms with Crippen LogP contribution in [0.1, 0.15) is 31.2 Å². The summed E-state index contributed by atoms with van der Waals surface area (Å²) < 4.78 is 0. The Bertz CT molecular complexity index is 1340. The molecule has 2 aromatic carbocycles. The number of aromatic nitrogens is 2. The van der Waals surface area contributed by atoms with Gasteiger partial charge in [0.05, 0.1) is 27.2 Å². The molecule has 8 heteroatoms. The van der Waals surface area contributed by atoms with Crippen LogP contribution >= 0.6 is 22.7 Å². The summed E-state index contributed by atoms with van der Waals surface area (Å²) in [5.41, 5.74) is 9.62. The number of hydrogen-bond acceptors (Lipinski definition) is 8. The van der Waals surface area contributed by atoms with Crippen LogP contribution in [-0.2, 0) is 0 Å². The van der Waals surface area contributed by atoms with Crippen LogP contribution in [-0.4, -0.2) is 64.8 Å². The van der Waals surface area contributed by atoms with Crippen LogP contribution in [0.25, 0.3) is 31.6 Å². The third-order valence-corrected chi connectivity index (χ3v) is 10.1. The number of thiazole rings is 2.